The van der Waals surface area contributed by atoms with Crippen LogP contribution in [0, 0.1) is 12.3 Å². The Balaban J connectivity index is 3.38. The van der Waals surface area contributed by atoms with Gasteiger partial charge in [-0.25, -0.2) is 4.79 Å². The molecule has 5 heteroatoms. The van der Waals surface area contributed by atoms with Crippen LogP contribution in [-0.4, -0.2) is 22.8 Å². The monoisotopic (exact) mass is 207 g/mol. The summed E-state index contributed by atoms with van der Waals surface area (Å²) >= 11 is 0. The lowest BCUT2D eigenvalue weighted by Crippen LogP contribution is -2.20. The van der Waals surface area contributed by atoms with Crippen LogP contribution in [0.25, 0.3) is 0 Å². The number of hydrogen-bond acceptors (Lipinski definition) is 3. The number of carboxylic acid groups (broad SMARTS) is 1. The van der Waals surface area contributed by atoms with Crippen molar-refractivity contribution in [2.24, 2.45) is 0 Å². The maximum atomic E-state index is 11.4. The third-order valence-corrected chi connectivity index (χ3v) is 1.80. The van der Waals surface area contributed by atoms with Crippen LogP contribution in [0.3, 0.4) is 0 Å². The summed E-state index contributed by atoms with van der Waals surface area (Å²) in [6, 6.07) is 1.10. The van der Waals surface area contributed by atoms with Crippen LogP contribution in [0.2, 0.25) is 0 Å². The van der Waals surface area contributed by atoms with Crippen LogP contribution >= 0.6 is 0 Å². The summed E-state index contributed by atoms with van der Waals surface area (Å²) in [6.07, 6.45) is 6.21. The third kappa shape index (κ3) is 2.17. The molecule has 0 saturated carbocycles. The second-order valence-electron chi connectivity index (χ2n) is 2.73. The van der Waals surface area contributed by atoms with E-state index < -0.39 is 11.5 Å². The first kappa shape index (κ1) is 10.9. The van der Waals surface area contributed by atoms with E-state index in [-0.39, 0.29) is 17.9 Å². The molecule has 0 spiro atoms. The van der Waals surface area contributed by atoms with Crippen LogP contribution in [-0.2, 0) is 6.54 Å². The molecular weight excluding hydrogens is 198 g/mol. The molecule has 5 nitrogen and oxygen atoms in total. The van der Waals surface area contributed by atoms with E-state index in [0.717, 1.165) is 10.6 Å². The van der Waals surface area contributed by atoms with Crippen molar-refractivity contribution in [2.75, 3.05) is 7.11 Å². The Morgan fingerprint density at radius 2 is 2.40 bits per heavy atom. The van der Waals surface area contributed by atoms with E-state index >= 15 is 0 Å². The van der Waals surface area contributed by atoms with Gasteiger partial charge in [0, 0.05) is 12.3 Å². The van der Waals surface area contributed by atoms with Crippen molar-refractivity contribution in [2.45, 2.75) is 6.54 Å². The number of terminal acetylenes is 1. The molecule has 0 unspecified atom stereocenters. The van der Waals surface area contributed by atoms with Gasteiger partial charge in [0.25, 0.3) is 5.56 Å². The average Bonchev–Trinajstić information content (AvgIpc) is 2.20. The number of nitrogens with zero attached hydrogens (tertiary/aromatic N) is 1. The normalized spacial score (nSPS) is 9.33. The summed E-state index contributed by atoms with van der Waals surface area (Å²) in [5.41, 5.74) is -0.484. The van der Waals surface area contributed by atoms with Crippen molar-refractivity contribution in [3.05, 3.63) is 28.2 Å². The van der Waals surface area contributed by atoms with Crippen molar-refractivity contribution >= 4 is 5.97 Å². The first-order valence-corrected chi connectivity index (χ1v) is 4.05. The van der Waals surface area contributed by atoms with Gasteiger partial charge in [-0.15, -0.1) is 6.42 Å². The Labute approximate surface area is 85.9 Å². The molecule has 1 N–H and O–H groups in total. The molecule has 1 rings (SSSR count). The zero-order chi connectivity index (χ0) is 11.4. The molecule has 0 aromatic carbocycles. The Bertz CT molecular complexity index is 481. The highest BCUT2D eigenvalue weighted by atomic mass is 16.5. The molecule has 0 saturated heterocycles. The Morgan fingerprint density at radius 1 is 1.73 bits per heavy atom. The van der Waals surface area contributed by atoms with Crippen LogP contribution in [0.4, 0.5) is 0 Å². The maximum absolute atomic E-state index is 11.4. The SMILES string of the molecule is C#CCn1cc(C(=O)O)c(OC)cc1=O. The first-order valence-electron chi connectivity index (χ1n) is 4.05. The summed E-state index contributed by atoms with van der Waals surface area (Å²) in [7, 11) is 1.30. The number of ether oxygens (including phenoxy) is 1. The topological polar surface area (TPSA) is 68.5 Å². The van der Waals surface area contributed by atoms with Crippen LogP contribution in [0.1, 0.15) is 10.4 Å². The van der Waals surface area contributed by atoms with Gasteiger partial charge in [0.05, 0.1) is 13.7 Å². The average molecular weight is 207 g/mol. The van der Waals surface area contributed by atoms with Gasteiger partial charge in [-0.1, -0.05) is 5.92 Å². The summed E-state index contributed by atoms with van der Waals surface area (Å²) in [5.74, 6) is 1.12. The standard InChI is InChI=1S/C10H9NO4/c1-3-4-11-6-7(10(13)14)8(15-2)5-9(11)12/h1,5-6H,4H2,2H3,(H,13,14). The molecule has 0 bridgehead atoms. The molecule has 0 aliphatic rings. The molecule has 0 radical (unpaired) electrons. The molecule has 1 heterocycles. The summed E-state index contributed by atoms with van der Waals surface area (Å²) in [4.78, 5) is 22.2. The Kier molecular flexibility index (Phi) is 3.13. The minimum absolute atomic E-state index is 0.0285. The zero-order valence-corrected chi connectivity index (χ0v) is 8.06. The van der Waals surface area contributed by atoms with E-state index in [1.54, 1.807) is 0 Å². The molecule has 1 aromatic rings. The van der Waals surface area contributed by atoms with E-state index in [4.69, 9.17) is 16.3 Å². The zero-order valence-electron chi connectivity index (χ0n) is 8.06. The van der Waals surface area contributed by atoms with Gasteiger partial charge in [0.15, 0.2) is 0 Å². The fourth-order valence-electron chi connectivity index (χ4n) is 1.11. The first-order chi connectivity index (χ1) is 7.10. The van der Waals surface area contributed by atoms with Gasteiger partial charge < -0.3 is 14.4 Å². The number of methoxy groups -OCH3 is 1. The second-order valence-corrected chi connectivity index (χ2v) is 2.73. The highest BCUT2D eigenvalue weighted by Gasteiger charge is 2.13. The fraction of sp³-hybridized carbons (Fsp3) is 0.200. The van der Waals surface area contributed by atoms with Gasteiger partial charge in [-0.2, -0.15) is 0 Å². The van der Waals surface area contributed by atoms with Crippen LogP contribution < -0.4 is 10.3 Å². The number of carbonyl (C=O) groups is 1. The molecule has 78 valence electrons. The lowest BCUT2D eigenvalue weighted by atomic mass is 10.2. The highest BCUT2D eigenvalue weighted by Crippen LogP contribution is 2.14. The molecule has 0 aliphatic carbocycles. The summed E-state index contributed by atoms with van der Waals surface area (Å²) in [5, 5.41) is 8.83. The molecule has 15 heavy (non-hydrogen) atoms. The van der Waals surface area contributed by atoms with Crippen molar-refractivity contribution in [3.8, 4) is 18.1 Å². The Morgan fingerprint density at radius 3 is 2.87 bits per heavy atom. The van der Waals surface area contributed by atoms with Crippen molar-refractivity contribution < 1.29 is 14.6 Å². The number of rotatable bonds is 3. The smallest absolute Gasteiger partial charge is 0.340 e. The fourth-order valence-corrected chi connectivity index (χ4v) is 1.11. The van der Waals surface area contributed by atoms with Crippen molar-refractivity contribution in [3.63, 3.8) is 0 Å². The minimum Gasteiger partial charge on any atom is -0.496 e. The van der Waals surface area contributed by atoms with Gasteiger partial charge in [-0.05, 0) is 0 Å². The van der Waals surface area contributed by atoms with E-state index in [2.05, 4.69) is 5.92 Å². The number of aromatic nitrogens is 1. The minimum atomic E-state index is -1.17. The molecule has 1 aromatic heterocycles. The predicted molar refractivity (Wildman–Crippen MR) is 53.0 cm³/mol. The van der Waals surface area contributed by atoms with E-state index in [9.17, 15) is 9.59 Å². The second kappa shape index (κ2) is 4.33. The van der Waals surface area contributed by atoms with Gasteiger partial charge in [-0.3, -0.25) is 4.79 Å². The number of carboxylic acids is 1. The predicted octanol–water partition coefficient (Wildman–Crippen LogP) is 0.188. The number of hydrogen-bond donors (Lipinski definition) is 1. The molecule has 0 amide bonds. The quantitative estimate of drug-likeness (QED) is 0.718. The number of pyridine rings is 1. The van der Waals surface area contributed by atoms with Crippen molar-refractivity contribution in [1.29, 1.82) is 0 Å². The lowest BCUT2D eigenvalue weighted by Gasteiger charge is -2.07. The number of aromatic carboxylic acids is 1. The molecule has 0 aliphatic heterocycles. The lowest BCUT2D eigenvalue weighted by molar-refractivity contribution is 0.0692. The Hall–Kier alpha value is -2.22. The molecule has 0 fully saturated rings. The van der Waals surface area contributed by atoms with Crippen LogP contribution in [0.5, 0.6) is 5.75 Å². The molecule has 0 atom stereocenters. The van der Waals surface area contributed by atoms with Crippen LogP contribution in [0.15, 0.2) is 17.1 Å². The largest absolute Gasteiger partial charge is 0.496 e. The van der Waals surface area contributed by atoms with Crippen molar-refractivity contribution in [1.82, 2.24) is 4.57 Å². The van der Waals surface area contributed by atoms with Gasteiger partial charge in [0.2, 0.25) is 0 Å². The maximum Gasteiger partial charge on any atom is 0.340 e. The third-order valence-electron chi connectivity index (χ3n) is 1.80. The van der Waals surface area contributed by atoms with E-state index in [1.165, 1.54) is 13.3 Å². The highest BCUT2D eigenvalue weighted by molar-refractivity contribution is 5.90. The van der Waals surface area contributed by atoms with E-state index in [1.807, 2.05) is 0 Å². The van der Waals surface area contributed by atoms with E-state index in [0.29, 0.717) is 0 Å². The van der Waals surface area contributed by atoms with Gasteiger partial charge in [0.1, 0.15) is 11.3 Å². The molecular formula is C10H9NO4. The summed E-state index contributed by atoms with van der Waals surface area (Å²) in [6.45, 7) is 0.0309. The van der Waals surface area contributed by atoms with Gasteiger partial charge >= 0.3 is 5.97 Å². The summed E-state index contributed by atoms with van der Waals surface area (Å²) < 4.78 is 5.91.